The van der Waals surface area contributed by atoms with E-state index in [0.29, 0.717) is 12.3 Å². The van der Waals surface area contributed by atoms with Crippen molar-refractivity contribution in [1.29, 1.82) is 0 Å². The van der Waals surface area contributed by atoms with E-state index in [4.69, 9.17) is 20.8 Å². The number of amides is 1. The van der Waals surface area contributed by atoms with Gasteiger partial charge in [0.1, 0.15) is 18.1 Å². The summed E-state index contributed by atoms with van der Waals surface area (Å²) in [6, 6.07) is 7.32. The summed E-state index contributed by atoms with van der Waals surface area (Å²) in [5.74, 6) is 1.67. The summed E-state index contributed by atoms with van der Waals surface area (Å²) >= 11 is 9.79. The first kappa shape index (κ1) is 24.4. The van der Waals surface area contributed by atoms with Gasteiger partial charge < -0.3 is 14.5 Å². The van der Waals surface area contributed by atoms with E-state index >= 15 is 0 Å². The minimum Gasteiger partial charge on any atom is -0.485 e. The first-order valence-corrected chi connectivity index (χ1v) is 11.8. The Morgan fingerprint density at radius 1 is 1.28 bits per heavy atom. The molecule has 2 heterocycles. The Hall–Kier alpha value is -2.25. The van der Waals surface area contributed by atoms with Gasteiger partial charge in [0.15, 0.2) is 5.76 Å². The first-order valence-electron chi connectivity index (χ1n) is 10.7. The molecule has 1 amide bonds. The zero-order valence-corrected chi connectivity index (χ0v) is 21.4. The number of aryl methyl sites for hydroxylation is 3. The van der Waals surface area contributed by atoms with Crippen LogP contribution >= 0.6 is 27.5 Å². The normalized spacial score (nSPS) is 11.2. The Kier molecular flexibility index (Phi) is 8.06. The van der Waals surface area contributed by atoms with Crippen molar-refractivity contribution in [3.05, 3.63) is 67.8 Å². The van der Waals surface area contributed by atoms with Gasteiger partial charge in [-0.25, -0.2) is 0 Å². The van der Waals surface area contributed by atoms with E-state index in [1.54, 1.807) is 12.1 Å². The van der Waals surface area contributed by atoms with E-state index < -0.39 is 0 Å². The number of benzene rings is 1. The number of nitrogens with zero attached hydrogens (tertiary/aromatic N) is 2. The molecule has 0 aliphatic carbocycles. The lowest BCUT2D eigenvalue weighted by molar-refractivity contribution is 0.0920. The van der Waals surface area contributed by atoms with E-state index in [1.807, 2.05) is 37.6 Å². The van der Waals surface area contributed by atoms with Crippen molar-refractivity contribution in [2.75, 3.05) is 6.54 Å². The molecular weight excluding hydrogens is 494 g/mol. The largest absolute Gasteiger partial charge is 0.485 e. The van der Waals surface area contributed by atoms with Gasteiger partial charge in [-0.15, -0.1) is 0 Å². The van der Waals surface area contributed by atoms with Gasteiger partial charge in [-0.3, -0.25) is 9.48 Å². The summed E-state index contributed by atoms with van der Waals surface area (Å²) in [7, 11) is 0. The molecule has 32 heavy (non-hydrogen) atoms. The Balaban J connectivity index is 1.51. The quantitative estimate of drug-likeness (QED) is 0.333. The van der Waals surface area contributed by atoms with Gasteiger partial charge >= 0.3 is 0 Å². The molecule has 0 aliphatic rings. The summed E-state index contributed by atoms with van der Waals surface area (Å²) < 4.78 is 14.6. The molecule has 1 aromatic carbocycles. The van der Waals surface area contributed by atoms with Crippen molar-refractivity contribution in [2.24, 2.45) is 0 Å². The molecule has 3 aromatic rings. The van der Waals surface area contributed by atoms with Crippen LogP contribution in [0, 0.1) is 20.8 Å². The lowest BCUT2D eigenvalue weighted by atomic mass is 10.0. The third-order valence-corrected chi connectivity index (χ3v) is 6.85. The number of carbonyl (C=O) groups excluding carboxylic acids is 1. The monoisotopic (exact) mass is 521 g/mol. The number of rotatable bonds is 9. The maximum absolute atomic E-state index is 12.4. The van der Waals surface area contributed by atoms with Crippen molar-refractivity contribution in [2.45, 2.75) is 60.1 Å². The molecule has 8 heteroatoms. The number of carbonyl (C=O) groups is 1. The highest BCUT2D eigenvalue weighted by atomic mass is 79.9. The summed E-state index contributed by atoms with van der Waals surface area (Å²) in [5.41, 5.74) is 4.05. The van der Waals surface area contributed by atoms with Crippen LogP contribution in [0.1, 0.15) is 65.0 Å². The zero-order valence-electron chi connectivity index (χ0n) is 19.1. The Morgan fingerprint density at radius 3 is 2.69 bits per heavy atom. The summed E-state index contributed by atoms with van der Waals surface area (Å²) in [6.07, 6.45) is 0.769. The molecule has 0 spiro atoms. The van der Waals surface area contributed by atoms with E-state index in [2.05, 4.69) is 40.2 Å². The number of hydrogen-bond acceptors (Lipinski definition) is 4. The average molecular weight is 523 g/mol. The van der Waals surface area contributed by atoms with Gasteiger partial charge in [0.2, 0.25) is 0 Å². The molecular formula is C24H29BrClN3O3. The second-order valence-corrected chi connectivity index (χ2v) is 9.37. The maximum atomic E-state index is 12.4. The van der Waals surface area contributed by atoms with E-state index in [1.165, 1.54) is 0 Å². The van der Waals surface area contributed by atoms with E-state index in [-0.39, 0.29) is 24.2 Å². The van der Waals surface area contributed by atoms with Crippen LogP contribution < -0.4 is 10.1 Å². The molecule has 172 valence electrons. The van der Waals surface area contributed by atoms with Crippen LogP contribution in [0.4, 0.5) is 0 Å². The third kappa shape index (κ3) is 5.75. The van der Waals surface area contributed by atoms with Crippen LogP contribution in [0.5, 0.6) is 5.75 Å². The van der Waals surface area contributed by atoms with E-state index in [0.717, 1.165) is 50.7 Å². The lowest BCUT2D eigenvalue weighted by Gasteiger charge is -2.15. The maximum Gasteiger partial charge on any atom is 0.286 e. The smallest absolute Gasteiger partial charge is 0.286 e. The average Bonchev–Trinajstić information content (AvgIpc) is 3.32. The zero-order chi connectivity index (χ0) is 23.4. The van der Waals surface area contributed by atoms with Gasteiger partial charge in [0.05, 0.1) is 10.2 Å². The number of furan rings is 1. The molecule has 1 N–H and O–H groups in total. The topological polar surface area (TPSA) is 69.3 Å². The predicted octanol–water partition coefficient (Wildman–Crippen LogP) is 6.34. The van der Waals surface area contributed by atoms with Crippen LogP contribution in [-0.4, -0.2) is 22.2 Å². The predicted molar refractivity (Wildman–Crippen MR) is 130 cm³/mol. The molecule has 6 nitrogen and oxygen atoms in total. The Morgan fingerprint density at radius 2 is 2.03 bits per heavy atom. The van der Waals surface area contributed by atoms with Gasteiger partial charge in [-0.05, 0) is 84.4 Å². The van der Waals surface area contributed by atoms with Crippen molar-refractivity contribution in [1.82, 2.24) is 15.1 Å². The minimum absolute atomic E-state index is 0.237. The van der Waals surface area contributed by atoms with Crippen molar-refractivity contribution in [3.8, 4) is 5.75 Å². The highest BCUT2D eigenvalue weighted by molar-refractivity contribution is 9.10. The fourth-order valence-electron chi connectivity index (χ4n) is 3.38. The second-order valence-electron chi connectivity index (χ2n) is 8.17. The van der Waals surface area contributed by atoms with E-state index in [9.17, 15) is 4.79 Å². The highest BCUT2D eigenvalue weighted by Crippen LogP contribution is 2.32. The first-order chi connectivity index (χ1) is 15.2. The van der Waals surface area contributed by atoms with Crippen LogP contribution in [0.2, 0.25) is 5.02 Å². The van der Waals surface area contributed by atoms with Gasteiger partial charge in [-0.1, -0.05) is 25.4 Å². The third-order valence-electron chi connectivity index (χ3n) is 5.29. The summed E-state index contributed by atoms with van der Waals surface area (Å²) in [6.45, 7) is 11.6. The standard InChI is InChI=1S/C24H29BrClN3O3/c1-14(2)19-12-20(26)15(3)11-22(19)31-13-18-7-8-21(32-18)24(30)27-9-6-10-29-17(5)23(25)16(4)28-29/h7-8,11-12,14H,6,9-10,13H2,1-5H3,(H,27,30). The number of aromatic nitrogens is 2. The van der Waals surface area contributed by atoms with Crippen LogP contribution in [0.25, 0.3) is 0 Å². The SMILES string of the molecule is Cc1cc(OCc2ccc(C(=O)NCCCn3nc(C)c(Br)c3C)o2)c(C(C)C)cc1Cl. The molecule has 0 saturated carbocycles. The number of hydrogen-bond donors (Lipinski definition) is 1. The van der Waals surface area contributed by atoms with Crippen molar-refractivity contribution < 1.29 is 13.9 Å². The van der Waals surface area contributed by atoms with Crippen LogP contribution in [0.15, 0.2) is 33.2 Å². The molecule has 0 fully saturated rings. The fourth-order valence-corrected chi connectivity index (χ4v) is 3.84. The molecule has 0 radical (unpaired) electrons. The van der Waals surface area contributed by atoms with Crippen molar-refractivity contribution >= 4 is 33.4 Å². The summed E-state index contributed by atoms with van der Waals surface area (Å²) in [5, 5.41) is 8.10. The fraction of sp³-hybridized carbons (Fsp3) is 0.417. The number of ether oxygens (including phenoxy) is 1. The Bertz CT molecular complexity index is 1100. The molecule has 2 aromatic heterocycles. The number of halogens is 2. The number of nitrogens with one attached hydrogen (secondary N) is 1. The van der Waals surface area contributed by atoms with Gasteiger partial charge in [0.25, 0.3) is 5.91 Å². The molecule has 0 bridgehead atoms. The minimum atomic E-state index is -0.240. The Labute approximate surface area is 202 Å². The lowest BCUT2D eigenvalue weighted by Crippen LogP contribution is -2.25. The summed E-state index contributed by atoms with van der Waals surface area (Å²) in [4.78, 5) is 12.4. The second kappa shape index (κ2) is 10.6. The molecule has 0 saturated heterocycles. The van der Waals surface area contributed by atoms with Gasteiger partial charge in [0, 0.05) is 23.8 Å². The van der Waals surface area contributed by atoms with Crippen LogP contribution in [0.3, 0.4) is 0 Å². The molecule has 3 rings (SSSR count). The molecule has 0 atom stereocenters. The molecule has 0 aliphatic heterocycles. The van der Waals surface area contributed by atoms with Crippen LogP contribution in [-0.2, 0) is 13.2 Å². The molecule has 0 unspecified atom stereocenters. The van der Waals surface area contributed by atoms with Crippen molar-refractivity contribution in [3.63, 3.8) is 0 Å². The highest BCUT2D eigenvalue weighted by Gasteiger charge is 2.14. The van der Waals surface area contributed by atoms with Gasteiger partial charge in [-0.2, -0.15) is 5.10 Å².